The first-order valence-corrected chi connectivity index (χ1v) is 14.1. The number of aryl methyl sites for hydroxylation is 2. The smallest absolute Gasteiger partial charge is 0.358 e. The minimum Gasteiger partial charge on any atom is -0.504 e. The van der Waals surface area contributed by atoms with Crippen molar-refractivity contribution in [3.05, 3.63) is 101 Å². The Hall–Kier alpha value is -5.98. The zero-order valence-corrected chi connectivity index (χ0v) is 25.8. The number of amides is 4. The molecule has 4 rings (SSSR count). The Bertz CT molecular complexity index is 1790. The van der Waals surface area contributed by atoms with Crippen molar-refractivity contribution in [3.63, 3.8) is 0 Å². The number of methoxy groups -OCH3 is 2. The van der Waals surface area contributed by atoms with Gasteiger partial charge in [0.25, 0.3) is 11.8 Å². The summed E-state index contributed by atoms with van der Waals surface area (Å²) in [5.41, 5.74) is 2.77. The molecule has 0 bridgehead atoms. The fraction of sp³-hybridized carbons (Fsp3) is 0.152. The highest BCUT2D eigenvalue weighted by atomic mass is 16.5. The van der Waals surface area contributed by atoms with Crippen molar-refractivity contribution in [2.45, 2.75) is 20.7 Å². The van der Waals surface area contributed by atoms with Crippen LogP contribution in [0.4, 0.5) is 21.9 Å². The molecule has 236 valence electrons. The predicted molar refractivity (Wildman–Crippen MR) is 176 cm³/mol. The Balaban J connectivity index is 1.40. The first-order valence-electron chi connectivity index (χ1n) is 14.1. The third-order valence-corrected chi connectivity index (χ3v) is 7.08. The molecule has 0 radical (unpaired) electrons. The van der Waals surface area contributed by atoms with Gasteiger partial charge in [0.05, 0.1) is 31.2 Å². The summed E-state index contributed by atoms with van der Waals surface area (Å²) in [7, 11) is 2.62. The largest absolute Gasteiger partial charge is 0.504 e. The summed E-state index contributed by atoms with van der Waals surface area (Å²) in [6, 6.07) is 18.9. The van der Waals surface area contributed by atoms with Gasteiger partial charge in [0.1, 0.15) is 0 Å². The van der Waals surface area contributed by atoms with E-state index in [4.69, 9.17) is 9.47 Å². The van der Waals surface area contributed by atoms with Crippen LogP contribution in [0.2, 0.25) is 6.82 Å². The van der Waals surface area contributed by atoms with Gasteiger partial charge in [-0.3, -0.25) is 19.2 Å². The first-order chi connectivity index (χ1) is 21.9. The maximum Gasteiger partial charge on any atom is 0.358 e. The molecule has 6 N–H and O–H groups in total. The number of phenols is 2. The second-order valence-electron chi connectivity index (χ2n) is 10.4. The van der Waals surface area contributed by atoms with Crippen LogP contribution < -0.4 is 30.7 Å². The molecule has 0 spiro atoms. The van der Waals surface area contributed by atoms with Gasteiger partial charge in [-0.25, -0.2) is 0 Å². The quantitative estimate of drug-likeness (QED) is 0.127. The minimum absolute atomic E-state index is 0.0636. The summed E-state index contributed by atoms with van der Waals surface area (Å²) >= 11 is 0. The lowest BCUT2D eigenvalue weighted by atomic mass is 9.64. The first kappa shape index (κ1) is 32.9. The van der Waals surface area contributed by atoms with Gasteiger partial charge >= 0.3 is 6.85 Å². The number of ether oxygens (including phenoxy) is 2. The SMILES string of the molecule is COc1c(NC(=O)c2ccc(NC(=O)c3ccc(NC(=O)B(C)NC(=O)c4ccc(C)cc4)cc3)c(OC)c2O)ccc(C)c1O. The van der Waals surface area contributed by atoms with Crippen molar-refractivity contribution in [2.24, 2.45) is 0 Å². The highest BCUT2D eigenvalue weighted by molar-refractivity contribution is 6.90. The van der Waals surface area contributed by atoms with E-state index in [0.717, 1.165) is 5.56 Å². The molecule has 0 aliphatic heterocycles. The number of carbonyl (C=O) groups excluding carboxylic acids is 4. The average molecular weight is 624 g/mol. The predicted octanol–water partition coefficient (Wildman–Crippen LogP) is 5.40. The molecule has 0 heterocycles. The van der Waals surface area contributed by atoms with Gasteiger partial charge in [0.15, 0.2) is 23.0 Å². The van der Waals surface area contributed by atoms with E-state index >= 15 is 0 Å². The number of aromatic hydroxyl groups is 2. The van der Waals surface area contributed by atoms with Gasteiger partial charge < -0.3 is 40.9 Å². The van der Waals surface area contributed by atoms with Gasteiger partial charge in [0, 0.05) is 16.8 Å². The van der Waals surface area contributed by atoms with E-state index < -0.39 is 30.2 Å². The highest BCUT2D eigenvalue weighted by Crippen LogP contribution is 2.40. The molecule has 4 aromatic rings. The number of phenolic OH excluding ortho intramolecular Hbond substituents is 2. The van der Waals surface area contributed by atoms with E-state index in [1.54, 1.807) is 38.0 Å². The van der Waals surface area contributed by atoms with Crippen LogP contribution in [0.3, 0.4) is 0 Å². The molecule has 4 aromatic carbocycles. The summed E-state index contributed by atoms with van der Waals surface area (Å²) < 4.78 is 10.5. The van der Waals surface area contributed by atoms with E-state index in [2.05, 4.69) is 21.2 Å². The van der Waals surface area contributed by atoms with E-state index in [1.807, 2.05) is 19.1 Å². The Morgan fingerprint density at radius 3 is 1.76 bits per heavy atom. The van der Waals surface area contributed by atoms with Crippen LogP contribution >= 0.6 is 0 Å². The molecule has 0 atom stereocenters. The molecule has 46 heavy (non-hydrogen) atoms. The molecular formula is C33H33BN4O8. The van der Waals surface area contributed by atoms with Crippen LogP contribution in [0.1, 0.15) is 42.2 Å². The van der Waals surface area contributed by atoms with E-state index in [1.165, 1.54) is 50.6 Å². The Kier molecular flexibility index (Phi) is 10.2. The monoisotopic (exact) mass is 624 g/mol. The van der Waals surface area contributed by atoms with Gasteiger partial charge in [-0.1, -0.05) is 30.6 Å². The molecule has 4 amide bonds. The molecule has 0 unspecified atom stereocenters. The molecule has 0 aliphatic rings. The lowest BCUT2D eigenvalue weighted by Gasteiger charge is -2.16. The lowest BCUT2D eigenvalue weighted by molar-refractivity contribution is 0.0976. The van der Waals surface area contributed by atoms with Crippen molar-refractivity contribution in [1.82, 2.24) is 5.23 Å². The van der Waals surface area contributed by atoms with Crippen LogP contribution in [0.25, 0.3) is 0 Å². The number of rotatable bonds is 10. The second kappa shape index (κ2) is 14.2. The zero-order valence-electron chi connectivity index (χ0n) is 25.8. The maximum absolute atomic E-state index is 13.0. The minimum atomic E-state index is -0.826. The van der Waals surface area contributed by atoms with E-state index in [0.29, 0.717) is 16.8 Å². The number of anilines is 3. The van der Waals surface area contributed by atoms with Crippen molar-refractivity contribution in [1.29, 1.82) is 0 Å². The molecule has 12 nitrogen and oxygen atoms in total. The summed E-state index contributed by atoms with van der Waals surface area (Å²) in [5, 5.41) is 31.7. The molecule has 0 saturated heterocycles. The van der Waals surface area contributed by atoms with Crippen LogP contribution in [-0.2, 0) is 0 Å². The zero-order chi connectivity index (χ0) is 33.5. The number of carbonyl (C=O) groups is 4. The van der Waals surface area contributed by atoms with Gasteiger partial charge in [-0.05, 0) is 74.0 Å². The third kappa shape index (κ3) is 7.38. The molecule has 0 aliphatic carbocycles. The molecule has 0 aromatic heterocycles. The summed E-state index contributed by atoms with van der Waals surface area (Å²) in [4.78, 5) is 51.1. The Labute approximate surface area is 265 Å². The normalized spacial score (nSPS) is 10.4. The fourth-order valence-electron chi connectivity index (χ4n) is 4.42. The van der Waals surface area contributed by atoms with Crippen LogP contribution in [0.15, 0.2) is 72.8 Å². The number of hydrogen-bond donors (Lipinski definition) is 6. The van der Waals surface area contributed by atoms with Crippen LogP contribution in [0, 0.1) is 13.8 Å². The number of benzene rings is 4. The molecule has 0 saturated carbocycles. The summed E-state index contributed by atoms with van der Waals surface area (Å²) in [6.45, 7) is 4.32. The van der Waals surface area contributed by atoms with Crippen molar-refractivity contribution >= 4 is 47.4 Å². The third-order valence-electron chi connectivity index (χ3n) is 7.08. The van der Waals surface area contributed by atoms with Gasteiger partial charge in [-0.15, -0.1) is 0 Å². The van der Waals surface area contributed by atoms with Gasteiger partial charge in [0.2, 0.25) is 11.7 Å². The van der Waals surface area contributed by atoms with Gasteiger partial charge in [-0.2, -0.15) is 0 Å². The number of hydrogen-bond acceptors (Lipinski definition) is 8. The Morgan fingerprint density at radius 1 is 0.630 bits per heavy atom. The van der Waals surface area contributed by atoms with Crippen molar-refractivity contribution < 1.29 is 38.9 Å². The Morgan fingerprint density at radius 2 is 1.15 bits per heavy atom. The standard InChI is InChI=1S/C33H33BN4O8/c1-18-6-9-21(10-7-18)31(42)38-34(3)33(44)35-22-13-11-20(12-14-22)30(41)36-25-17-15-23(27(40)29(25)46-5)32(43)37-24-16-8-19(2)26(39)28(24)45-4/h6-17,39-40H,1-5H3,(H,35,44)(H,36,41)(H,37,43)(H,38,42). The molecule has 13 heteroatoms. The van der Waals surface area contributed by atoms with E-state index in [-0.39, 0.29) is 45.7 Å². The van der Waals surface area contributed by atoms with Crippen LogP contribution in [0.5, 0.6) is 23.0 Å². The molecule has 0 fully saturated rings. The van der Waals surface area contributed by atoms with E-state index in [9.17, 15) is 29.4 Å². The maximum atomic E-state index is 13.0. The summed E-state index contributed by atoms with van der Waals surface area (Å²) in [5.74, 6) is -2.82. The average Bonchev–Trinajstić information content (AvgIpc) is 3.03. The van der Waals surface area contributed by atoms with Crippen LogP contribution in [-0.4, -0.2) is 54.8 Å². The fourth-order valence-corrected chi connectivity index (χ4v) is 4.42. The van der Waals surface area contributed by atoms with Crippen molar-refractivity contribution in [3.8, 4) is 23.0 Å². The lowest BCUT2D eigenvalue weighted by Crippen LogP contribution is -2.45. The molecular weight excluding hydrogens is 591 g/mol. The van der Waals surface area contributed by atoms with Crippen molar-refractivity contribution in [2.75, 3.05) is 30.2 Å². The highest BCUT2D eigenvalue weighted by Gasteiger charge is 2.24. The topological polar surface area (TPSA) is 175 Å². The summed E-state index contributed by atoms with van der Waals surface area (Å²) in [6.07, 6.45) is 0. The second-order valence-corrected chi connectivity index (χ2v) is 10.4. The number of nitrogens with one attached hydrogen (secondary N) is 4.